The summed E-state index contributed by atoms with van der Waals surface area (Å²) in [5.74, 6) is 1.69. The molecular formula is C14H20N4O2. The van der Waals surface area contributed by atoms with Crippen molar-refractivity contribution in [3.05, 3.63) is 12.1 Å². The Morgan fingerprint density at radius 1 is 1.40 bits per heavy atom. The number of aromatic nitrogens is 2. The molecule has 20 heavy (non-hydrogen) atoms. The monoisotopic (exact) mass is 276 g/mol. The Bertz CT molecular complexity index is 480. The molecular weight excluding hydrogens is 256 g/mol. The maximum absolute atomic E-state index is 11.9. The maximum atomic E-state index is 11.9. The highest BCUT2D eigenvalue weighted by Crippen LogP contribution is 2.56. The number of urea groups is 1. The van der Waals surface area contributed by atoms with Crippen LogP contribution in [0.4, 0.5) is 10.6 Å². The number of carbonyl (C=O) groups excluding carboxylic acids is 1. The van der Waals surface area contributed by atoms with E-state index >= 15 is 0 Å². The van der Waals surface area contributed by atoms with Crippen molar-refractivity contribution in [2.75, 3.05) is 19.0 Å². The Morgan fingerprint density at radius 2 is 2.20 bits per heavy atom. The molecule has 1 aromatic heterocycles. The van der Waals surface area contributed by atoms with Crippen LogP contribution < -0.4 is 15.4 Å². The average molecular weight is 276 g/mol. The van der Waals surface area contributed by atoms with Gasteiger partial charge in [0.25, 0.3) is 0 Å². The third kappa shape index (κ3) is 2.69. The summed E-state index contributed by atoms with van der Waals surface area (Å²) in [4.78, 5) is 11.9. The number of hydrogen-bond acceptors (Lipinski definition) is 4. The molecule has 2 aliphatic carbocycles. The number of nitrogens with zero attached hydrogens (tertiary/aromatic N) is 2. The standard InChI is InChI=1S/C14H20N4O2/c1-20-12-6-5-11(17-18-12)16-13(19)15-9-14(7-2-8-14)10-3-4-10/h5-6,10H,2-4,7-9H2,1H3,(H2,15,16,17,19). The van der Waals surface area contributed by atoms with E-state index in [-0.39, 0.29) is 6.03 Å². The fraction of sp³-hybridized carbons (Fsp3) is 0.643. The molecule has 2 N–H and O–H groups in total. The molecule has 6 nitrogen and oxygen atoms in total. The van der Waals surface area contributed by atoms with Crippen LogP contribution in [-0.4, -0.2) is 29.9 Å². The highest BCUT2D eigenvalue weighted by molar-refractivity contribution is 5.88. The summed E-state index contributed by atoms with van der Waals surface area (Å²) in [7, 11) is 1.53. The van der Waals surface area contributed by atoms with Gasteiger partial charge in [-0.3, -0.25) is 5.32 Å². The molecule has 2 amide bonds. The van der Waals surface area contributed by atoms with Crippen molar-refractivity contribution in [2.45, 2.75) is 32.1 Å². The second kappa shape index (κ2) is 5.26. The molecule has 2 saturated carbocycles. The van der Waals surface area contributed by atoms with Gasteiger partial charge in [-0.1, -0.05) is 6.42 Å². The molecule has 0 atom stereocenters. The SMILES string of the molecule is COc1ccc(NC(=O)NCC2(C3CC3)CCC2)nn1. The van der Waals surface area contributed by atoms with E-state index in [1.165, 1.54) is 39.2 Å². The maximum Gasteiger partial charge on any atom is 0.320 e. The minimum Gasteiger partial charge on any atom is -0.480 e. The van der Waals surface area contributed by atoms with Gasteiger partial charge in [-0.05, 0) is 43.1 Å². The summed E-state index contributed by atoms with van der Waals surface area (Å²) in [6, 6.07) is 3.13. The number of hydrogen-bond donors (Lipinski definition) is 2. The second-order valence-electron chi connectivity index (χ2n) is 5.76. The predicted molar refractivity (Wildman–Crippen MR) is 74.6 cm³/mol. The quantitative estimate of drug-likeness (QED) is 0.864. The number of methoxy groups -OCH3 is 1. The lowest BCUT2D eigenvalue weighted by atomic mass is 9.65. The van der Waals surface area contributed by atoms with Gasteiger partial charge < -0.3 is 10.1 Å². The molecule has 0 spiro atoms. The second-order valence-corrected chi connectivity index (χ2v) is 5.76. The molecule has 1 heterocycles. The molecule has 2 fully saturated rings. The Balaban J connectivity index is 1.49. The highest BCUT2D eigenvalue weighted by Gasteiger charge is 2.48. The molecule has 3 rings (SSSR count). The van der Waals surface area contributed by atoms with E-state index in [4.69, 9.17) is 4.74 Å². The Labute approximate surface area is 118 Å². The number of carbonyl (C=O) groups is 1. The lowest BCUT2D eigenvalue weighted by molar-refractivity contribution is 0.103. The van der Waals surface area contributed by atoms with Crippen LogP contribution >= 0.6 is 0 Å². The van der Waals surface area contributed by atoms with Crippen molar-refractivity contribution in [1.82, 2.24) is 15.5 Å². The summed E-state index contributed by atoms with van der Waals surface area (Å²) in [6.07, 6.45) is 6.45. The number of ether oxygens (including phenoxy) is 1. The van der Waals surface area contributed by atoms with Gasteiger partial charge >= 0.3 is 6.03 Å². The van der Waals surface area contributed by atoms with E-state index in [1.54, 1.807) is 12.1 Å². The fourth-order valence-electron chi connectivity index (χ4n) is 2.97. The molecule has 0 bridgehead atoms. The number of nitrogens with one attached hydrogen (secondary N) is 2. The summed E-state index contributed by atoms with van der Waals surface area (Å²) < 4.78 is 4.92. The van der Waals surface area contributed by atoms with E-state index in [0.717, 1.165) is 12.5 Å². The van der Waals surface area contributed by atoms with Gasteiger partial charge in [-0.25, -0.2) is 4.79 Å². The summed E-state index contributed by atoms with van der Waals surface area (Å²) in [5.41, 5.74) is 0.378. The van der Waals surface area contributed by atoms with Gasteiger partial charge in [0.15, 0.2) is 5.82 Å². The number of rotatable bonds is 5. The molecule has 6 heteroatoms. The molecule has 108 valence electrons. The van der Waals surface area contributed by atoms with Crippen molar-refractivity contribution in [3.63, 3.8) is 0 Å². The fourth-order valence-corrected chi connectivity index (χ4v) is 2.97. The number of amides is 2. The summed E-state index contributed by atoms with van der Waals surface area (Å²) >= 11 is 0. The van der Waals surface area contributed by atoms with E-state index in [0.29, 0.717) is 17.1 Å². The van der Waals surface area contributed by atoms with Gasteiger partial charge in [0.2, 0.25) is 5.88 Å². The first-order valence-electron chi connectivity index (χ1n) is 7.14. The topological polar surface area (TPSA) is 76.1 Å². The van der Waals surface area contributed by atoms with E-state index < -0.39 is 0 Å². The Morgan fingerprint density at radius 3 is 2.70 bits per heavy atom. The minimum atomic E-state index is -0.212. The van der Waals surface area contributed by atoms with Gasteiger partial charge in [0.1, 0.15) is 0 Å². The lowest BCUT2D eigenvalue weighted by Gasteiger charge is -2.42. The van der Waals surface area contributed by atoms with E-state index in [9.17, 15) is 4.79 Å². The Hall–Kier alpha value is -1.85. The van der Waals surface area contributed by atoms with Gasteiger partial charge in [0.05, 0.1) is 7.11 Å². The molecule has 0 aromatic carbocycles. The third-order valence-electron chi connectivity index (χ3n) is 4.48. The smallest absolute Gasteiger partial charge is 0.320 e. The van der Waals surface area contributed by atoms with Gasteiger partial charge in [-0.15, -0.1) is 10.2 Å². The minimum absolute atomic E-state index is 0.212. The van der Waals surface area contributed by atoms with Crippen molar-refractivity contribution in [3.8, 4) is 5.88 Å². The van der Waals surface area contributed by atoms with Gasteiger partial charge in [-0.2, -0.15) is 0 Å². The van der Waals surface area contributed by atoms with E-state index in [2.05, 4.69) is 20.8 Å². The third-order valence-corrected chi connectivity index (χ3v) is 4.48. The molecule has 0 radical (unpaired) electrons. The van der Waals surface area contributed by atoms with Crippen LogP contribution in [0, 0.1) is 11.3 Å². The molecule has 1 aromatic rings. The van der Waals surface area contributed by atoms with Crippen molar-refractivity contribution in [1.29, 1.82) is 0 Å². The first kappa shape index (κ1) is 13.1. The van der Waals surface area contributed by atoms with Crippen LogP contribution in [0.2, 0.25) is 0 Å². The molecule has 0 aliphatic heterocycles. The average Bonchev–Trinajstić information content (AvgIpc) is 3.23. The summed E-state index contributed by atoms with van der Waals surface area (Å²) in [5, 5.41) is 13.3. The zero-order valence-electron chi connectivity index (χ0n) is 11.7. The van der Waals surface area contributed by atoms with Gasteiger partial charge in [0, 0.05) is 12.6 Å². The van der Waals surface area contributed by atoms with Crippen LogP contribution in [0.5, 0.6) is 5.88 Å². The predicted octanol–water partition coefficient (Wildman–Crippen LogP) is 2.19. The molecule has 2 aliphatic rings. The van der Waals surface area contributed by atoms with Crippen LogP contribution in [-0.2, 0) is 0 Å². The number of anilines is 1. The first-order chi connectivity index (χ1) is 9.72. The van der Waals surface area contributed by atoms with Crippen LogP contribution in [0.1, 0.15) is 32.1 Å². The van der Waals surface area contributed by atoms with Crippen LogP contribution in [0.25, 0.3) is 0 Å². The zero-order valence-corrected chi connectivity index (χ0v) is 11.7. The first-order valence-corrected chi connectivity index (χ1v) is 7.14. The van der Waals surface area contributed by atoms with Crippen LogP contribution in [0.3, 0.4) is 0 Å². The largest absolute Gasteiger partial charge is 0.480 e. The zero-order chi connectivity index (χ0) is 14.0. The summed E-state index contributed by atoms with van der Waals surface area (Å²) in [6.45, 7) is 0.771. The van der Waals surface area contributed by atoms with E-state index in [1.807, 2.05) is 0 Å². The lowest BCUT2D eigenvalue weighted by Crippen LogP contribution is -2.45. The molecule has 0 saturated heterocycles. The van der Waals surface area contributed by atoms with Crippen molar-refractivity contribution < 1.29 is 9.53 Å². The van der Waals surface area contributed by atoms with Crippen LogP contribution in [0.15, 0.2) is 12.1 Å². The Kier molecular flexibility index (Phi) is 3.46. The van der Waals surface area contributed by atoms with Crippen molar-refractivity contribution >= 4 is 11.8 Å². The highest BCUT2D eigenvalue weighted by atomic mass is 16.5. The normalized spacial score (nSPS) is 19.9. The molecule has 0 unspecified atom stereocenters. The van der Waals surface area contributed by atoms with Crippen molar-refractivity contribution in [2.24, 2.45) is 11.3 Å².